The first-order valence-corrected chi connectivity index (χ1v) is 10.6. The van der Waals surface area contributed by atoms with Crippen molar-refractivity contribution in [3.63, 3.8) is 0 Å². The summed E-state index contributed by atoms with van der Waals surface area (Å²) in [4.78, 5) is 16.1. The fourth-order valence-electron chi connectivity index (χ4n) is 3.78. The lowest BCUT2D eigenvalue weighted by Crippen LogP contribution is -2.26. The maximum Gasteiger partial charge on any atom is 0.220 e. The Labute approximate surface area is 172 Å². The number of carbonyl (C=O) groups is 1. The van der Waals surface area contributed by atoms with E-state index in [2.05, 4.69) is 48.5 Å². The molecule has 0 spiro atoms. The molecule has 1 heterocycles. The van der Waals surface area contributed by atoms with Gasteiger partial charge in [0.1, 0.15) is 0 Å². The minimum Gasteiger partial charge on any atom is -0.361 e. The minimum atomic E-state index is -0.00991. The number of H-pyrrole nitrogens is 1. The van der Waals surface area contributed by atoms with Gasteiger partial charge in [0, 0.05) is 41.0 Å². The zero-order valence-corrected chi connectivity index (χ0v) is 17.5. The molecule has 2 aromatic carbocycles. The monoisotopic (exact) mass is 396 g/mol. The van der Waals surface area contributed by atoms with E-state index in [4.69, 9.17) is 11.6 Å². The van der Waals surface area contributed by atoms with Gasteiger partial charge in [-0.25, -0.2) is 0 Å². The summed E-state index contributed by atoms with van der Waals surface area (Å²) in [6.07, 6.45) is 6.79. The first-order valence-electron chi connectivity index (χ1n) is 10.2. The highest BCUT2D eigenvalue weighted by Gasteiger charge is 2.22. The quantitative estimate of drug-likeness (QED) is 0.415. The van der Waals surface area contributed by atoms with E-state index in [9.17, 15) is 4.79 Å². The van der Waals surface area contributed by atoms with Gasteiger partial charge in [0.2, 0.25) is 5.91 Å². The van der Waals surface area contributed by atoms with Gasteiger partial charge in [0.05, 0.1) is 0 Å². The molecule has 0 unspecified atom stereocenters. The standard InChI is InChI=1S/C24H29ClN2O/c1-3-5-6-14-26-23(28)15-21(18-10-12-19(25)13-11-18)22-16-27-24-17(4-2)8-7-9-20(22)24/h7-13,16,21,27H,3-6,14-15H2,1-2H3,(H,26,28)/t21-/m1/s1. The maximum absolute atomic E-state index is 12.7. The predicted molar refractivity (Wildman–Crippen MR) is 118 cm³/mol. The fourth-order valence-corrected chi connectivity index (χ4v) is 3.91. The van der Waals surface area contributed by atoms with E-state index in [0.717, 1.165) is 43.4 Å². The number of para-hydroxylation sites is 1. The molecule has 148 valence electrons. The van der Waals surface area contributed by atoms with Crippen LogP contribution >= 0.6 is 11.6 Å². The SMILES string of the molecule is CCCCCNC(=O)C[C@H](c1ccc(Cl)cc1)c1c[nH]c2c(CC)cccc12. The number of carbonyl (C=O) groups excluding carboxylic acids is 1. The molecule has 3 aromatic rings. The number of hydrogen-bond acceptors (Lipinski definition) is 1. The van der Waals surface area contributed by atoms with Crippen LogP contribution in [-0.2, 0) is 11.2 Å². The molecule has 0 bridgehead atoms. The molecule has 4 heteroatoms. The number of nitrogens with one attached hydrogen (secondary N) is 2. The molecule has 0 aliphatic carbocycles. The molecule has 3 rings (SSSR count). The number of rotatable bonds is 9. The third kappa shape index (κ3) is 4.77. The number of halogens is 1. The number of fused-ring (bicyclic) bond motifs is 1. The van der Waals surface area contributed by atoms with Crippen LogP contribution in [-0.4, -0.2) is 17.4 Å². The molecule has 0 saturated heterocycles. The molecule has 1 atom stereocenters. The number of aromatic amines is 1. The van der Waals surface area contributed by atoms with Gasteiger partial charge in [-0.1, -0.05) is 68.6 Å². The van der Waals surface area contributed by atoms with Gasteiger partial charge in [-0.3, -0.25) is 4.79 Å². The van der Waals surface area contributed by atoms with E-state index in [-0.39, 0.29) is 11.8 Å². The lowest BCUT2D eigenvalue weighted by Gasteiger charge is -2.17. The van der Waals surface area contributed by atoms with Gasteiger partial charge in [-0.2, -0.15) is 0 Å². The highest BCUT2D eigenvalue weighted by molar-refractivity contribution is 6.30. The lowest BCUT2D eigenvalue weighted by atomic mass is 9.87. The summed E-state index contributed by atoms with van der Waals surface area (Å²) in [6, 6.07) is 14.2. The third-order valence-electron chi connectivity index (χ3n) is 5.35. The Hall–Kier alpha value is -2.26. The number of aromatic nitrogens is 1. The first-order chi connectivity index (χ1) is 13.6. The van der Waals surface area contributed by atoms with Crippen molar-refractivity contribution in [3.8, 4) is 0 Å². The summed E-state index contributed by atoms with van der Waals surface area (Å²) < 4.78 is 0. The van der Waals surface area contributed by atoms with Gasteiger partial charge in [-0.15, -0.1) is 0 Å². The third-order valence-corrected chi connectivity index (χ3v) is 5.61. The molecule has 2 N–H and O–H groups in total. The van der Waals surface area contributed by atoms with Gasteiger partial charge < -0.3 is 10.3 Å². The average Bonchev–Trinajstić information content (AvgIpc) is 3.14. The number of hydrogen-bond donors (Lipinski definition) is 2. The molecule has 1 aromatic heterocycles. The Balaban J connectivity index is 1.91. The van der Waals surface area contributed by atoms with E-state index in [0.29, 0.717) is 11.4 Å². The van der Waals surface area contributed by atoms with Crippen molar-refractivity contribution in [2.75, 3.05) is 6.54 Å². The van der Waals surface area contributed by atoms with Gasteiger partial charge >= 0.3 is 0 Å². The number of amides is 1. The first kappa shape index (κ1) is 20.5. The van der Waals surface area contributed by atoms with Crippen LogP contribution in [0.3, 0.4) is 0 Å². The number of unbranched alkanes of at least 4 members (excludes halogenated alkanes) is 2. The molecule has 0 fully saturated rings. The van der Waals surface area contributed by atoms with Crippen LogP contribution < -0.4 is 5.32 Å². The van der Waals surface area contributed by atoms with Crippen LogP contribution in [0.1, 0.15) is 62.1 Å². The topological polar surface area (TPSA) is 44.9 Å². The molecular formula is C24H29ClN2O. The molecular weight excluding hydrogens is 368 g/mol. The summed E-state index contributed by atoms with van der Waals surface area (Å²) in [5, 5.41) is 4.99. The Bertz CT molecular complexity index is 914. The highest BCUT2D eigenvalue weighted by Crippen LogP contribution is 2.35. The van der Waals surface area contributed by atoms with E-state index >= 15 is 0 Å². The number of aryl methyl sites for hydroxylation is 1. The summed E-state index contributed by atoms with van der Waals surface area (Å²) in [5.74, 6) is 0.0846. The van der Waals surface area contributed by atoms with Crippen LogP contribution in [0.5, 0.6) is 0 Å². The largest absolute Gasteiger partial charge is 0.361 e. The van der Waals surface area contributed by atoms with E-state index in [1.807, 2.05) is 24.3 Å². The second kappa shape index (κ2) is 9.79. The second-order valence-electron chi connectivity index (χ2n) is 7.30. The van der Waals surface area contributed by atoms with Crippen molar-refractivity contribution >= 4 is 28.4 Å². The van der Waals surface area contributed by atoms with Crippen molar-refractivity contribution < 1.29 is 4.79 Å². The summed E-state index contributed by atoms with van der Waals surface area (Å²) in [6.45, 7) is 5.07. The smallest absolute Gasteiger partial charge is 0.220 e. The van der Waals surface area contributed by atoms with Crippen LogP contribution in [0.4, 0.5) is 0 Å². The van der Waals surface area contributed by atoms with Crippen LogP contribution in [0, 0.1) is 0 Å². The van der Waals surface area contributed by atoms with Crippen molar-refractivity contribution in [2.24, 2.45) is 0 Å². The molecule has 0 radical (unpaired) electrons. The summed E-state index contributed by atoms with van der Waals surface area (Å²) in [7, 11) is 0. The molecule has 1 amide bonds. The maximum atomic E-state index is 12.7. The summed E-state index contributed by atoms with van der Waals surface area (Å²) in [5.41, 5.74) is 4.73. The van der Waals surface area contributed by atoms with Crippen molar-refractivity contribution in [3.05, 3.63) is 70.4 Å². The van der Waals surface area contributed by atoms with Crippen molar-refractivity contribution in [2.45, 2.75) is 51.9 Å². The molecule has 0 aliphatic heterocycles. The Kier molecular flexibility index (Phi) is 7.16. The van der Waals surface area contributed by atoms with Crippen molar-refractivity contribution in [1.29, 1.82) is 0 Å². The molecule has 0 saturated carbocycles. The Morgan fingerprint density at radius 2 is 1.89 bits per heavy atom. The lowest BCUT2D eigenvalue weighted by molar-refractivity contribution is -0.121. The Morgan fingerprint density at radius 1 is 1.11 bits per heavy atom. The highest BCUT2D eigenvalue weighted by atomic mass is 35.5. The van der Waals surface area contributed by atoms with Gasteiger partial charge in [0.25, 0.3) is 0 Å². The van der Waals surface area contributed by atoms with E-state index in [1.165, 1.54) is 16.5 Å². The Morgan fingerprint density at radius 3 is 2.61 bits per heavy atom. The summed E-state index contributed by atoms with van der Waals surface area (Å²) >= 11 is 6.09. The minimum absolute atomic E-state index is 0.00991. The zero-order chi connectivity index (χ0) is 19.9. The molecule has 3 nitrogen and oxygen atoms in total. The van der Waals surface area contributed by atoms with E-state index in [1.54, 1.807) is 0 Å². The van der Waals surface area contributed by atoms with Crippen LogP contribution in [0.2, 0.25) is 5.02 Å². The van der Waals surface area contributed by atoms with Crippen molar-refractivity contribution in [1.82, 2.24) is 10.3 Å². The van der Waals surface area contributed by atoms with Crippen LogP contribution in [0.15, 0.2) is 48.7 Å². The average molecular weight is 397 g/mol. The zero-order valence-electron chi connectivity index (χ0n) is 16.7. The van der Waals surface area contributed by atoms with Gasteiger partial charge in [-0.05, 0) is 41.7 Å². The van der Waals surface area contributed by atoms with E-state index < -0.39 is 0 Å². The fraction of sp³-hybridized carbons (Fsp3) is 0.375. The predicted octanol–water partition coefficient (Wildman–Crippen LogP) is 6.21. The number of benzene rings is 2. The molecule has 0 aliphatic rings. The second-order valence-corrected chi connectivity index (χ2v) is 7.74. The van der Waals surface area contributed by atoms with Crippen LogP contribution in [0.25, 0.3) is 10.9 Å². The van der Waals surface area contributed by atoms with Gasteiger partial charge in [0.15, 0.2) is 0 Å². The molecule has 28 heavy (non-hydrogen) atoms. The normalized spacial score (nSPS) is 12.2.